The van der Waals surface area contributed by atoms with E-state index in [1.165, 1.54) is 18.2 Å². The number of alkyl halides is 3. The van der Waals surface area contributed by atoms with E-state index in [1.807, 2.05) is 0 Å². The summed E-state index contributed by atoms with van der Waals surface area (Å²) in [4.78, 5) is 11.8. The predicted molar refractivity (Wildman–Crippen MR) is 70.8 cm³/mol. The summed E-state index contributed by atoms with van der Waals surface area (Å²) in [6, 6.07) is 7.63. The van der Waals surface area contributed by atoms with Gasteiger partial charge in [0.25, 0.3) is 5.91 Å². The standard InChI is InChI=1S/C14H8ClF4NO/c15-10-2-1-3-11(12(10)16)20-13(21)8-4-6-9(7-5-8)14(17,18)19/h1-7H,(H,20,21). The Labute approximate surface area is 122 Å². The van der Waals surface area contributed by atoms with Crippen molar-refractivity contribution in [1.29, 1.82) is 0 Å². The fraction of sp³-hybridized carbons (Fsp3) is 0.0714. The van der Waals surface area contributed by atoms with Gasteiger partial charge in [-0.1, -0.05) is 17.7 Å². The quantitative estimate of drug-likeness (QED) is 0.796. The highest BCUT2D eigenvalue weighted by atomic mass is 35.5. The van der Waals surface area contributed by atoms with Gasteiger partial charge in [-0.2, -0.15) is 13.2 Å². The molecule has 2 rings (SSSR count). The molecular formula is C14H8ClF4NO. The normalized spacial score (nSPS) is 11.3. The van der Waals surface area contributed by atoms with E-state index >= 15 is 0 Å². The first-order valence-corrected chi connectivity index (χ1v) is 6.09. The van der Waals surface area contributed by atoms with Crippen LogP contribution in [0.1, 0.15) is 15.9 Å². The molecule has 2 aromatic carbocycles. The van der Waals surface area contributed by atoms with Crippen LogP contribution in [0.5, 0.6) is 0 Å². The van der Waals surface area contributed by atoms with Crippen LogP contribution in [0.2, 0.25) is 5.02 Å². The molecule has 1 amide bonds. The molecule has 0 radical (unpaired) electrons. The number of hydrogen-bond acceptors (Lipinski definition) is 1. The van der Waals surface area contributed by atoms with Crippen LogP contribution < -0.4 is 5.32 Å². The first kappa shape index (κ1) is 15.3. The van der Waals surface area contributed by atoms with Crippen LogP contribution in [-0.4, -0.2) is 5.91 Å². The average Bonchev–Trinajstić information content (AvgIpc) is 2.43. The number of anilines is 1. The molecule has 7 heteroatoms. The molecule has 21 heavy (non-hydrogen) atoms. The molecule has 0 bridgehead atoms. The monoisotopic (exact) mass is 317 g/mol. The molecule has 0 aromatic heterocycles. The van der Waals surface area contributed by atoms with Crippen molar-refractivity contribution in [2.24, 2.45) is 0 Å². The molecule has 110 valence electrons. The van der Waals surface area contributed by atoms with Crippen molar-refractivity contribution in [3.05, 3.63) is 64.4 Å². The lowest BCUT2D eigenvalue weighted by Gasteiger charge is -2.09. The highest BCUT2D eigenvalue weighted by Gasteiger charge is 2.30. The average molecular weight is 318 g/mol. The van der Waals surface area contributed by atoms with Crippen molar-refractivity contribution in [3.8, 4) is 0 Å². The fourth-order valence-electron chi connectivity index (χ4n) is 1.61. The Balaban J connectivity index is 2.19. The van der Waals surface area contributed by atoms with Gasteiger partial charge >= 0.3 is 6.18 Å². The molecule has 0 fully saturated rings. The van der Waals surface area contributed by atoms with Gasteiger partial charge in [-0.3, -0.25) is 4.79 Å². The molecule has 0 aliphatic rings. The number of rotatable bonds is 2. The van der Waals surface area contributed by atoms with E-state index in [0.717, 1.165) is 24.3 Å². The minimum atomic E-state index is -4.48. The topological polar surface area (TPSA) is 29.1 Å². The Morgan fingerprint density at radius 3 is 2.24 bits per heavy atom. The summed E-state index contributed by atoms with van der Waals surface area (Å²) < 4.78 is 50.8. The maximum absolute atomic E-state index is 13.6. The van der Waals surface area contributed by atoms with Crippen molar-refractivity contribution in [2.45, 2.75) is 6.18 Å². The maximum atomic E-state index is 13.6. The second-order valence-corrected chi connectivity index (χ2v) is 4.54. The third-order valence-electron chi connectivity index (χ3n) is 2.67. The molecule has 0 unspecified atom stereocenters. The first-order chi connectivity index (χ1) is 9.79. The summed E-state index contributed by atoms with van der Waals surface area (Å²) in [6.45, 7) is 0. The molecule has 1 N–H and O–H groups in total. The van der Waals surface area contributed by atoms with Crippen LogP contribution in [0.15, 0.2) is 42.5 Å². The molecule has 0 aliphatic heterocycles. The molecule has 0 aliphatic carbocycles. The second-order valence-electron chi connectivity index (χ2n) is 4.13. The molecule has 0 atom stereocenters. The molecule has 2 nitrogen and oxygen atoms in total. The Kier molecular flexibility index (Phi) is 4.18. The number of amides is 1. The van der Waals surface area contributed by atoms with Crippen molar-refractivity contribution in [1.82, 2.24) is 0 Å². The van der Waals surface area contributed by atoms with Gasteiger partial charge in [0.15, 0.2) is 5.82 Å². The van der Waals surface area contributed by atoms with Gasteiger partial charge in [0.05, 0.1) is 16.3 Å². The van der Waals surface area contributed by atoms with Crippen LogP contribution in [0, 0.1) is 5.82 Å². The zero-order valence-electron chi connectivity index (χ0n) is 10.3. The summed E-state index contributed by atoms with van der Waals surface area (Å²) in [5, 5.41) is 2.08. The third-order valence-corrected chi connectivity index (χ3v) is 2.97. The molecule has 0 spiro atoms. The Morgan fingerprint density at radius 1 is 1.05 bits per heavy atom. The SMILES string of the molecule is O=C(Nc1cccc(Cl)c1F)c1ccc(C(F)(F)F)cc1. The largest absolute Gasteiger partial charge is 0.416 e. The van der Waals surface area contributed by atoms with Crippen LogP contribution in [0.4, 0.5) is 23.2 Å². The van der Waals surface area contributed by atoms with Gasteiger partial charge in [-0.05, 0) is 36.4 Å². The molecule has 0 heterocycles. The lowest BCUT2D eigenvalue weighted by Crippen LogP contribution is -2.13. The van der Waals surface area contributed by atoms with E-state index in [2.05, 4.69) is 5.32 Å². The molecule has 0 saturated carbocycles. The zero-order chi connectivity index (χ0) is 15.6. The highest BCUT2D eigenvalue weighted by molar-refractivity contribution is 6.31. The van der Waals surface area contributed by atoms with Crippen molar-refractivity contribution < 1.29 is 22.4 Å². The summed E-state index contributed by atoms with van der Waals surface area (Å²) in [5.74, 6) is -1.54. The molecular weight excluding hydrogens is 310 g/mol. The number of hydrogen-bond donors (Lipinski definition) is 1. The predicted octanol–water partition coefficient (Wildman–Crippen LogP) is 4.75. The summed E-state index contributed by atoms with van der Waals surface area (Å²) >= 11 is 5.56. The number of nitrogens with one attached hydrogen (secondary N) is 1. The van der Waals surface area contributed by atoms with Crippen molar-refractivity contribution >= 4 is 23.2 Å². The Morgan fingerprint density at radius 2 is 1.67 bits per heavy atom. The van der Waals surface area contributed by atoms with E-state index in [-0.39, 0.29) is 16.3 Å². The maximum Gasteiger partial charge on any atom is 0.416 e. The van der Waals surface area contributed by atoms with Gasteiger partial charge in [0, 0.05) is 5.56 Å². The highest BCUT2D eigenvalue weighted by Crippen LogP contribution is 2.29. The van der Waals surface area contributed by atoms with Crippen LogP contribution >= 0.6 is 11.6 Å². The zero-order valence-corrected chi connectivity index (χ0v) is 11.1. The number of halogens is 5. The van der Waals surface area contributed by atoms with E-state index in [4.69, 9.17) is 11.6 Å². The summed E-state index contributed by atoms with van der Waals surface area (Å²) in [7, 11) is 0. The van der Waals surface area contributed by atoms with Crippen LogP contribution in [-0.2, 0) is 6.18 Å². The fourth-order valence-corrected chi connectivity index (χ4v) is 1.78. The minimum absolute atomic E-state index is 0.0256. The Bertz CT molecular complexity index is 668. The van der Waals surface area contributed by atoms with Crippen molar-refractivity contribution in [2.75, 3.05) is 5.32 Å². The van der Waals surface area contributed by atoms with Gasteiger partial charge in [-0.15, -0.1) is 0 Å². The third kappa shape index (κ3) is 3.52. The minimum Gasteiger partial charge on any atom is -0.319 e. The summed E-state index contributed by atoms with van der Waals surface area (Å²) in [6.07, 6.45) is -4.48. The van der Waals surface area contributed by atoms with Gasteiger partial charge in [0.1, 0.15) is 0 Å². The lowest BCUT2D eigenvalue weighted by molar-refractivity contribution is -0.137. The van der Waals surface area contributed by atoms with E-state index in [1.54, 1.807) is 0 Å². The molecule has 0 saturated heterocycles. The first-order valence-electron chi connectivity index (χ1n) is 5.71. The number of benzene rings is 2. The summed E-state index contributed by atoms with van der Waals surface area (Å²) in [5.41, 5.74) is -1.04. The number of carbonyl (C=O) groups is 1. The van der Waals surface area contributed by atoms with E-state index < -0.39 is 23.5 Å². The van der Waals surface area contributed by atoms with Gasteiger partial charge in [-0.25, -0.2) is 4.39 Å². The Hall–Kier alpha value is -2.08. The smallest absolute Gasteiger partial charge is 0.319 e. The van der Waals surface area contributed by atoms with Crippen molar-refractivity contribution in [3.63, 3.8) is 0 Å². The lowest BCUT2D eigenvalue weighted by atomic mass is 10.1. The van der Waals surface area contributed by atoms with Gasteiger partial charge < -0.3 is 5.32 Å². The van der Waals surface area contributed by atoms with Crippen LogP contribution in [0.3, 0.4) is 0 Å². The van der Waals surface area contributed by atoms with Crippen LogP contribution in [0.25, 0.3) is 0 Å². The number of carbonyl (C=O) groups excluding carboxylic acids is 1. The second kappa shape index (κ2) is 5.73. The molecule has 2 aromatic rings. The van der Waals surface area contributed by atoms with E-state index in [0.29, 0.717) is 0 Å². The van der Waals surface area contributed by atoms with Gasteiger partial charge in [0.2, 0.25) is 0 Å². The van der Waals surface area contributed by atoms with E-state index in [9.17, 15) is 22.4 Å².